The van der Waals surface area contributed by atoms with Crippen LogP contribution in [0.1, 0.15) is 39.2 Å². The summed E-state index contributed by atoms with van der Waals surface area (Å²) in [5.41, 5.74) is 2.59. The molecular formula is C17H26N2O. The van der Waals surface area contributed by atoms with Crippen LogP contribution < -0.4 is 15.0 Å². The minimum Gasteiger partial charge on any atom is -0.484 e. The molecule has 1 N–H and O–H groups in total. The Hall–Kier alpha value is -1.22. The summed E-state index contributed by atoms with van der Waals surface area (Å²) in [7, 11) is 0. The van der Waals surface area contributed by atoms with E-state index in [1.807, 2.05) is 0 Å². The van der Waals surface area contributed by atoms with Crippen molar-refractivity contribution in [1.82, 2.24) is 5.32 Å². The van der Waals surface area contributed by atoms with E-state index in [0.717, 1.165) is 25.3 Å². The molecule has 110 valence electrons. The molecule has 1 saturated heterocycles. The normalized spacial score (nSPS) is 24.4. The van der Waals surface area contributed by atoms with Crippen LogP contribution in [0.5, 0.6) is 5.75 Å². The second-order valence-electron chi connectivity index (χ2n) is 6.68. The Kier molecular flexibility index (Phi) is 3.63. The van der Waals surface area contributed by atoms with Crippen LogP contribution in [0, 0.1) is 0 Å². The summed E-state index contributed by atoms with van der Waals surface area (Å²) >= 11 is 0. The van der Waals surface area contributed by atoms with Crippen molar-refractivity contribution in [1.29, 1.82) is 0 Å². The standard InChI is InChI=1S/C17H26N2O/c1-4-19-12-17(2,3)20-16-8-7-13(11-15(16)19)10-14-6-5-9-18-14/h7-8,11,14,18H,4-6,9-10,12H2,1-3H3. The van der Waals surface area contributed by atoms with E-state index in [4.69, 9.17) is 4.74 Å². The van der Waals surface area contributed by atoms with Crippen LogP contribution in [0.15, 0.2) is 18.2 Å². The van der Waals surface area contributed by atoms with Crippen molar-refractivity contribution < 1.29 is 4.74 Å². The van der Waals surface area contributed by atoms with Gasteiger partial charge in [0.05, 0.1) is 12.2 Å². The fourth-order valence-electron chi connectivity index (χ4n) is 3.40. The molecule has 3 nitrogen and oxygen atoms in total. The number of benzene rings is 1. The summed E-state index contributed by atoms with van der Waals surface area (Å²) < 4.78 is 6.12. The maximum Gasteiger partial charge on any atom is 0.143 e. The molecule has 0 radical (unpaired) electrons. The topological polar surface area (TPSA) is 24.5 Å². The molecule has 1 aromatic rings. The van der Waals surface area contributed by atoms with Crippen LogP contribution in [-0.2, 0) is 6.42 Å². The molecule has 1 atom stereocenters. The molecule has 3 rings (SSSR count). The molecular weight excluding hydrogens is 248 g/mol. The molecule has 0 spiro atoms. The quantitative estimate of drug-likeness (QED) is 0.917. The summed E-state index contributed by atoms with van der Waals surface area (Å²) in [6, 6.07) is 7.37. The van der Waals surface area contributed by atoms with E-state index >= 15 is 0 Å². The van der Waals surface area contributed by atoms with Crippen LogP contribution in [0.4, 0.5) is 5.69 Å². The monoisotopic (exact) mass is 274 g/mol. The van der Waals surface area contributed by atoms with Crippen LogP contribution in [0.3, 0.4) is 0 Å². The molecule has 0 amide bonds. The van der Waals surface area contributed by atoms with Crippen LogP contribution in [-0.4, -0.2) is 31.3 Å². The number of rotatable bonds is 3. The Labute approximate surface area is 122 Å². The average Bonchev–Trinajstić information content (AvgIpc) is 2.90. The zero-order valence-corrected chi connectivity index (χ0v) is 12.9. The third kappa shape index (κ3) is 2.78. The van der Waals surface area contributed by atoms with Gasteiger partial charge in [-0.25, -0.2) is 0 Å². The van der Waals surface area contributed by atoms with Gasteiger partial charge in [0.1, 0.15) is 11.4 Å². The molecule has 1 aromatic carbocycles. The first-order valence-electron chi connectivity index (χ1n) is 7.88. The lowest BCUT2D eigenvalue weighted by Gasteiger charge is -2.40. The predicted molar refractivity (Wildman–Crippen MR) is 83.8 cm³/mol. The first kappa shape index (κ1) is 13.7. The molecule has 2 heterocycles. The summed E-state index contributed by atoms with van der Waals surface area (Å²) in [4.78, 5) is 2.43. The van der Waals surface area contributed by atoms with E-state index in [0.29, 0.717) is 6.04 Å². The highest BCUT2D eigenvalue weighted by molar-refractivity contribution is 5.62. The predicted octanol–water partition coefficient (Wildman–Crippen LogP) is 2.98. The molecule has 0 aliphatic carbocycles. The van der Waals surface area contributed by atoms with Gasteiger partial charge in [0.25, 0.3) is 0 Å². The fraction of sp³-hybridized carbons (Fsp3) is 0.647. The lowest BCUT2D eigenvalue weighted by Crippen LogP contribution is -2.46. The number of hydrogen-bond donors (Lipinski definition) is 1. The highest BCUT2D eigenvalue weighted by Crippen LogP contribution is 2.37. The van der Waals surface area contributed by atoms with Gasteiger partial charge in [-0.05, 0) is 64.3 Å². The Balaban J connectivity index is 1.83. The number of fused-ring (bicyclic) bond motifs is 1. The fourth-order valence-corrected chi connectivity index (χ4v) is 3.40. The van der Waals surface area contributed by atoms with Crippen LogP contribution >= 0.6 is 0 Å². The Morgan fingerprint density at radius 1 is 1.40 bits per heavy atom. The molecule has 0 aromatic heterocycles. The first-order chi connectivity index (χ1) is 9.57. The number of nitrogens with zero attached hydrogens (tertiary/aromatic N) is 1. The third-order valence-electron chi connectivity index (χ3n) is 4.35. The zero-order chi connectivity index (χ0) is 14.2. The Bertz CT molecular complexity index is 478. The van der Waals surface area contributed by atoms with Gasteiger partial charge in [0.15, 0.2) is 0 Å². The number of anilines is 1. The van der Waals surface area contributed by atoms with Crippen LogP contribution in [0.2, 0.25) is 0 Å². The molecule has 0 bridgehead atoms. The smallest absolute Gasteiger partial charge is 0.143 e. The second-order valence-corrected chi connectivity index (χ2v) is 6.68. The highest BCUT2D eigenvalue weighted by atomic mass is 16.5. The van der Waals surface area contributed by atoms with E-state index in [2.05, 4.69) is 49.2 Å². The maximum absolute atomic E-state index is 6.12. The number of hydrogen-bond acceptors (Lipinski definition) is 3. The molecule has 3 heteroatoms. The highest BCUT2D eigenvalue weighted by Gasteiger charge is 2.31. The van der Waals surface area contributed by atoms with Crippen LogP contribution in [0.25, 0.3) is 0 Å². The number of likely N-dealkylation sites (N-methyl/N-ethyl adjacent to an activating group) is 1. The third-order valence-corrected chi connectivity index (χ3v) is 4.35. The largest absolute Gasteiger partial charge is 0.484 e. The SMILES string of the molecule is CCN1CC(C)(C)Oc2ccc(CC3CCCN3)cc21. The van der Waals surface area contributed by atoms with Gasteiger partial charge < -0.3 is 15.0 Å². The van der Waals surface area contributed by atoms with Crippen molar-refractivity contribution in [2.45, 2.75) is 51.7 Å². The molecule has 2 aliphatic heterocycles. The first-order valence-corrected chi connectivity index (χ1v) is 7.88. The minimum absolute atomic E-state index is 0.0997. The van der Waals surface area contributed by atoms with Gasteiger partial charge >= 0.3 is 0 Å². The molecule has 1 fully saturated rings. The lowest BCUT2D eigenvalue weighted by molar-refractivity contribution is 0.105. The Morgan fingerprint density at radius 3 is 2.95 bits per heavy atom. The van der Waals surface area contributed by atoms with Crippen molar-refractivity contribution in [2.24, 2.45) is 0 Å². The molecule has 2 aliphatic rings. The van der Waals surface area contributed by atoms with E-state index in [-0.39, 0.29) is 5.60 Å². The van der Waals surface area contributed by atoms with E-state index in [1.165, 1.54) is 30.6 Å². The van der Waals surface area contributed by atoms with E-state index in [1.54, 1.807) is 0 Å². The van der Waals surface area contributed by atoms with Gasteiger partial charge in [0, 0.05) is 12.6 Å². The second kappa shape index (κ2) is 5.28. The van der Waals surface area contributed by atoms with E-state index < -0.39 is 0 Å². The summed E-state index contributed by atoms with van der Waals surface area (Å²) in [6.45, 7) is 9.71. The van der Waals surface area contributed by atoms with Gasteiger partial charge in [-0.15, -0.1) is 0 Å². The maximum atomic E-state index is 6.12. The van der Waals surface area contributed by atoms with Crippen molar-refractivity contribution in [3.8, 4) is 5.75 Å². The van der Waals surface area contributed by atoms with Gasteiger partial charge in [-0.1, -0.05) is 6.07 Å². The van der Waals surface area contributed by atoms with Gasteiger partial charge in [-0.3, -0.25) is 0 Å². The van der Waals surface area contributed by atoms with Gasteiger partial charge in [-0.2, -0.15) is 0 Å². The summed E-state index contributed by atoms with van der Waals surface area (Å²) in [6.07, 6.45) is 3.75. The molecule has 1 unspecified atom stereocenters. The molecule has 0 saturated carbocycles. The van der Waals surface area contributed by atoms with E-state index in [9.17, 15) is 0 Å². The number of ether oxygens (including phenoxy) is 1. The summed E-state index contributed by atoms with van der Waals surface area (Å²) in [5.74, 6) is 1.03. The zero-order valence-electron chi connectivity index (χ0n) is 12.9. The Morgan fingerprint density at radius 2 is 2.25 bits per heavy atom. The minimum atomic E-state index is -0.0997. The van der Waals surface area contributed by atoms with Crippen molar-refractivity contribution in [3.63, 3.8) is 0 Å². The summed E-state index contributed by atoms with van der Waals surface area (Å²) in [5, 5.41) is 3.58. The van der Waals surface area contributed by atoms with Crippen molar-refractivity contribution >= 4 is 5.69 Å². The number of nitrogens with one attached hydrogen (secondary N) is 1. The molecule has 20 heavy (non-hydrogen) atoms. The lowest BCUT2D eigenvalue weighted by atomic mass is 10.0. The average molecular weight is 274 g/mol. The van der Waals surface area contributed by atoms with Crippen molar-refractivity contribution in [2.75, 3.05) is 24.5 Å². The van der Waals surface area contributed by atoms with Gasteiger partial charge in [0.2, 0.25) is 0 Å². The van der Waals surface area contributed by atoms with Crippen molar-refractivity contribution in [3.05, 3.63) is 23.8 Å².